The van der Waals surface area contributed by atoms with Crippen LogP contribution in [0.15, 0.2) is 30.3 Å². The number of amides is 5. The molecule has 0 spiro atoms. The van der Waals surface area contributed by atoms with Crippen LogP contribution < -0.4 is 5.32 Å². The fourth-order valence-electron chi connectivity index (χ4n) is 3.79. The van der Waals surface area contributed by atoms with Gasteiger partial charge in [-0.25, -0.2) is 4.79 Å². The fourth-order valence-corrected chi connectivity index (χ4v) is 4.56. The van der Waals surface area contributed by atoms with E-state index in [0.717, 1.165) is 17.3 Å². The number of hydrogen-bond acceptors (Lipinski definition) is 5. The SMILES string of the molecule is CC(c1ccccc1)N1C(=O)C2CN(C(=O)C3CSC(=O)N3)CCN2C1=O. The monoisotopic (exact) mass is 388 g/mol. The van der Waals surface area contributed by atoms with E-state index in [2.05, 4.69) is 5.32 Å². The van der Waals surface area contributed by atoms with Gasteiger partial charge in [0.2, 0.25) is 5.91 Å². The highest BCUT2D eigenvalue weighted by Crippen LogP contribution is 2.30. The zero-order chi connectivity index (χ0) is 19.1. The topological polar surface area (TPSA) is 90.0 Å². The maximum Gasteiger partial charge on any atom is 0.328 e. The molecule has 5 amide bonds. The summed E-state index contributed by atoms with van der Waals surface area (Å²) in [5.74, 6) is -0.0754. The molecule has 1 N–H and O–H groups in total. The van der Waals surface area contributed by atoms with E-state index in [0.29, 0.717) is 18.8 Å². The van der Waals surface area contributed by atoms with Crippen LogP contribution in [0.25, 0.3) is 0 Å². The molecule has 4 rings (SSSR count). The summed E-state index contributed by atoms with van der Waals surface area (Å²) in [6, 6.07) is 7.52. The van der Waals surface area contributed by atoms with Gasteiger partial charge in [0.05, 0.1) is 12.6 Å². The average Bonchev–Trinajstić information content (AvgIpc) is 3.23. The third kappa shape index (κ3) is 3.05. The van der Waals surface area contributed by atoms with Crippen LogP contribution in [0.3, 0.4) is 0 Å². The summed E-state index contributed by atoms with van der Waals surface area (Å²) in [5.41, 5.74) is 0.887. The fraction of sp³-hybridized carbons (Fsp3) is 0.444. The van der Waals surface area contributed by atoms with Crippen LogP contribution in [0.5, 0.6) is 0 Å². The molecule has 27 heavy (non-hydrogen) atoms. The lowest BCUT2D eigenvalue weighted by Crippen LogP contribution is -2.58. The molecule has 142 valence electrons. The Hall–Kier alpha value is -2.55. The molecule has 9 heteroatoms. The number of imide groups is 1. The van der Waals surface area contributed by atoms with Crippen LogP contribution in [0.1, 0.15) is 18.5 Å². The second-order valence-electron chi connectivity index (χ2n) is 6.87. The molecule has 0 aromatic heterocycles. The van der Waals surface area contributed by atoms with E-state index >= 15 is 0 Å². The van der Waals surface area contributed by atoms with Crippen LogP contribution in [0, 0.1) is 0 Å². The van der Waals surface area contributed by atoms with Gasteiger partial charge in [-0.05, 0) is 12.5 Å². The summed E-state index contributed by atoms with van der Waals surface area (Å²) in [6.07, 6.45) is 0. The van der Waals surface area contributed by atoms with Gasteiger partial charge < -0.3 is 15.1 Å². The van der Waals surface area contributed by atoms with Crippen LogP contribution >= 0.6 is 11.8 Å². The Morgan fingerprint density at radius 3 is 2.59 bits per heavy atom. The summed E-state index contributed by atoms with van der Waals surface area (Å²) in [5, 5.41) is 2.43. The number of carbonyl (C=O) groups is 4. The molecule has 3 unspecified atom stereocenters. The Kier molecular flexibility index (Phi) is 4.55. The molecule has 3 aliphatic rings. The van der Waals surface area contributed by atoms with E-state index in [4.69, 9.17) is 0 Å². The Morgan fingerprint density at radius 2 is 1.93 bits per heavy atom. The van der Waals surface area contributed by atoms with Crippen molar-refractivity contribution in [3.05, 3.63) is 35.9 Å². The molecular formula is C18H20N4O4S. The van der Waals surface area contributed by atoms with Gasteiger partial charge in [0, 0.05) is 18.8 Å². The number of nitrogens with zero attached hydrogens (tertiary/aromatic N) is 3. The second-order valence-corrected chi connectivity index (χ2v) is 7.86. The van der Waals surface area contributed by atoms with Gasteiger partial charge in [0.15, 0.2) is 0 Å². The lowest BCUT2D eigenvalue weighted by atomic mass is 10.1. The normalized spacial score (nSPS) is 26.3. The standard InChI is InChI=1S/C18H20N4O4S/c1-11(12-5-3-2-4-6-12)22-16(24)14-9-20(7-8-21(14)18(22)26)15(23)13-10-27-17(25)19-13/h2-6,11,13-14H,7-10H2,1H3,(H,19,25). The first-order chi connectivity index (χ1) is 13.0. The Bertz CT molecular complexity index is 802. The number of benzene rings is 1. The summed E-state index contributed by atoms with van der Waals surface area (Å²) >= 11 is 1.08. The number of urea groups is 1. The quantitative estimate of drug-likeness (QED) is 0.782. The van der Waals surface area contributed by atoms with Crippen molar-refractivity contribution >= 4 is 34.8 Å². The molecule has 3 atom stereocenters. The third-order valence-corrected chi connectivity index (χ3v) is 6.19. The lowest BCUT2D eigenvalue weighted by molar-refractivity contribution is -0.137. The Balaban J connectivity index is 1.49. The molecule has 3 fully saturated rings. The highest BCUT2D eigenvalue weighted by atomic mass is 32.2. The van der Waals surface area contributed by atoms with Crippen LogP contribution in [-0.2, 0) is 9.59 Å². The van der Waals surface area contributed by atoms with Crippen LogP contribution in [0.2, 0.25) is 0 Å². The predicted octanol–water partition coefficient (Wildman–Crippen LogP) is 1.05. The smallest absolute Gasteiger partial charge is 0.328 e. The molecular weight excluding hydrogens is 368 g/mol. The summed E-state index contributed by atoms with van der Waals surface area (Å²) in [7, 11) is 0. The first kappa shape index (κ1) is 17.8. The molecule has 0 saturated carbocycles. The largest absolute Gasteiger partial charge is 0.336 e. The number of fused-ring (bicyclic) bond motifs is 1. The molecule has 3 heterocycles. The highest BCUT2D eigenvalue weighted by molar-refractivity contribution is 8.14. The van der Waals surface area contributed by atoms with Crippen LogP contribution in [-0.4, -0.2) is 75.3 Å². The van der Waals surface area contributed by atoms with Crippen molar-refractivity contribution in [3.63, 3.8) is 0 Å². The number of rotatable bonds is 3. The number of thioether (sulfide) groups is 1. The second kappa shape index (κ2) is 6.88. The van der Waals surface area contributed by atoms with Gasteiger partial charge in [-0.1, -0.05) is 42.1 Å². The van der Waals surface area contributed by atoms with E-state index in [1.165, 1.54) is 4.90 Å². The van der Waals surface area contributed by atoms with E-state index in [1.54, 1.807) is 9.80 Å². The minimum atomic E-state index is -0.661. The van der Waals surface area contributed by atoms with Crippen molar-refractivity contribution < 1.29 is 19.2 Å². The third-order valence-electron chi connectivity index (χ3n) is 5.31. The number of carbonyl (C=O) groups excluding carboxylic acids is 4. The maximum absolute atomic E-state index is 13.0. The van der Waals surface area contributed by atoms with Gasteiger partial charge in [-0.3, -0.25) is 19.3 Å². The van der Waals surface area contributed by atoms with E-state index in [1.807, 2.05) is 37.3 Å². The predicted molar refractivity (Wildman–Crippen MR) is 99.0 cm³/mol. The maximum atomic E-state index is 13.0. The van der Waals surface area contributed by atoms with Gasteiger partial charge in [-0.15, -0.1) is 0 Å². The number of piperazine rings is 1. The molecule has 3 saturated heterocycles. The minimum Gasteiger partial charge on any atom is -0.336 e. The van der Waals surface area contributed by atoms with E-state index < -0.39 is 12.1 Å². The van der Waals surface area contributed by atoms with Crippen molar-refractivity contribution in [2.45, 2.75) is 25.0 Å². The van der Waals surface area contributed by atoms with E-state index in [-0.39, 0.29) is 35.7 Å². The van der Waals surface area contributed by atoms with Gasteiger partial charge in [0.25, 0.3) is 11.1 Å². The number of nitrogens with one attached hydrogen (secondary N) is 1. The summed E-state index contributed by atoms with van der Waals surface area (Å²) < 4.78 is 0. The Labute approximate surface area is 160 Å². The molecule has 0 bridgehead atoms. The molecule has 8 nitrogen and oxygen atoms in total. The summed E-state index contributed by atoms with van der Waals surface area (Å²) in [4.78, 5) is 54.2. The molecule has 3 aliphatic heterocycles. The van der Waals surface area contributed by atoms with Gasteiger partial charge >= 0.3 is 6.03 Å². The molecule has 0 aliphatic carbocycles. The van der Waals surface area contributed by atoms with Crippen molar-refractivity contribution in [3.8, 4) is 0 Å². The first-order valence-electron chi connectivity index (χ1n) is 8.88. The van der Waals surface area contributed by atoms with Crippen LogP contribution in [0.4, 0.5) is 9.59 Å². The Morgan fingerprint density at radius 1 is 1.19 bits per heavy atom. The minimum absolute atomic E-state index is 0.165. The zero-order valence-corrected chi connectivity index (χ0v) is 15.6. The summed E-state index contributed by atoms with van der Waals surface area (Å²) in [6.45, 7) is 2.67. The van der Waals surface area contributed by atoms with Gasteiger partial charge in [0.1, 0.15) is 12.1 Å². The molecule has 0 radical (unpaired) electrons. The van der Waals surface area contributed by atoms with Gasteiger partial charge in [-0.2, -0.15) is 0 Å². The zero-order valence-electron chi connectivity index (χ0n) is 14.8. The first-order valence-corrected chi connectivity index (χ1v) is 9.86. The highest BCUT2D eigenvalue weighted by Gasteiger charge is 2.50. The van der Waals surface area contributed by atoms with Crippen molar-refractivity contribution in [1.29, 1.82) is 0 Å². The lowest BCUT2D eigenvalue weighted by Gasteiger charge is -2.36. The van der Waals surface area contributed by atoms with Crippen molar-refractivity contribution in [2.24, 2.45) is 0 Å². The average molecular weight is 388 g/mol. The van der Waals surface area contributed by atoms with E-state index in [9.17, 15) is 19.2 Å². The molecule has 1 aromatic carbocycles. The number of hydrogen-bond donors (Lipinski definition) is 1. The van der Waals surface area contributed by atoms with Crippen molar-refractivity contribution in [1.82, 2.24) is 20.0 Å². The molecule has 1 aromatic rings. The van der Waals surface area contributed by atoms with Crippen molar-refractivity contribution in [2.75, 3.05) is 25.4 Å².